The van der Waals surface area contributed by atoms with Crippen LogP contribution in [0.4, 0.5) is 0 Å². The summed E-state index contributed by atoms with van der Waals surface area (Å²) in [5.74, 6) is -1.54. The molecule has 1 fully saturated rings. The Morgan fingerprint density at radius 3 is 2.32 bits per heavy atom. The molecule has 0 aliphatic carbocycles. The molecule has 3 rings (SSSR count). The highest BCUT2D eigenvalue weighted by Gasteiger charge is 2.51. The van der Waals surface area contributed by atoms with Crippen LogP contribution in [-0.2, 0) is 0 Å². The van der Waals surface area contributed by atoms with Crippen LogP contribution >= 0.6 is 23.4 Å². The van der Waals surface area contributed by atoms with Gasteiger partial charge in [-0.3, -0.25) is 15.5 Å². The number of nitriles is 1. The van der Waals surface area contributed by atoms with Gasteiger partial charge in [-0.15, -0.1) is 0 Å². The molecule has 1 heterocycles. The molecule has 0 amide bonds. The van der Waals surface area contributed by atoms with Gasteiger partial charge in [-0.05, 0) is 23.3 Å². The fourth-order valence-electron chi connectivity index (χ4n) is 3.19. The van der Waals surface area contributed by atoms with Crippen molar-refractivity contribution in [2.24, 2.45) is 5.92 Å². The predicted octanol–water partition coefficient (Wildman–Crippen LogP) is 4.67. The Morgan fingerprint density at radius 2 is 1.76 bits per heavy atom. The molecule has 2 aromatic carbocycles. The molecule has 0 radical (unpaired) electrons. The molecule has 1 aliphatic rings. The van der Waals surface area contributed by atoms with Gasteiger partial charge in [-0.1, -0.05) is 65.8 Å². The summed E-state index contributed by atoms with van der Waals surface area (Å²) in [5.41, 5.74) is 1.44. The minimum absolute atomic E-state index is 0.161. The number of halogens is 1. The van der Waals surface area contributed by atoms with Gasteiger partial charge in [0.05, 0.1) is 17.0 Å². The lowest BCUT2D eigenvalue weighted by molar-refractivity contribution is -0.528. The number of nitrogens with zero attached hydrogens (tertiary/aromatic N) is 2. The summed E-state index contributed by atoms with van der Waals surface area (Å²) in [5, 5.41) is 29.9. The van der Waals surface area contributed by atoms with Gasteiger partial charge in [-0.2, -0.15) is 5.26 Å². The first-order chi connectivity index (χ1) is 12.0. The Bertz CT molecular complexity index is 836. The lowest BCUT2D eigenvalue weighted by Gasteiger charge is -2.35. The third-order valence-electron chi connectivity index (χ3n) is 4.34. The minimum atomic E-state index is -1.01. The summed E-state index contributed by atoms with van der Waals surface area (Å²) in [4.78, 5) is 11.6. The van der Waals surface area contributed by atoms with Crippen LogP contribution in [0, 0.1) is 32.8 Å². The van der Waals surface area contributed by atoms with Crippen LogP contribution in [0.3, 0.4) is 0 Å². The summed E-state index contributed by atoms with van der Waals surface area (Å²) in [6.07, 6.45) is 0. The summed E-state index contributed by atoms with van der Waals surface area (Å²) in [6.45, 7) is 0. The van der Waals surface area contributed by atoms with E-state index in [1.807, 2.05) is 30.3 Å². The van der Waals surface area contributed by atoms with E-state index in [0.29, 0.717) is 10.6 Å². The maximum atomic E-state index is 11.9. The van der Waals surface area contributed by atoms with Gasteiger partial charge < -0.3 is 0 Å². The molecule has 25 heavy (non-hydrogen) atoms. The van der Waals surface area contributed by atoms with Gasteiger partial charge >= 0.3 is 0 Å². The van der Waals surface area contributed by atoms with Gasteiger partial charge in [0.1, 0.15) is 11.2 Å². The molecule has 2 aromatic rings. The minimum Gasteiger partial charge on any atom is -0.297 e. The highest BCUT2D eigenvalue weighted by atomic mass is 35.5. The summed E-state index contributed by atoms with van der Waals surface area (Å²) >= 11 is 7.03. The van der Waals surface area contributed by atoms with Crippen LogP contribution in [0.2, 0.25) is 5.02 Å². The summed E-state index contributed by atoms with van der Waals surface area (Å²) < 4.78 is 0. The van der Waals surface area contributed by atoms with Gasteiger partial charge in [0.15, 0.2) is 0 Å². The van der Waals surface area contributed by atoms with Crippen molar-refractivity contribution in [1.82, 2.24) is 0 Å². The molecule has 0 bridgehead atoms. The van der Waals surface area contributed by atoms with Crippen LogP contribution in [0.15, 0.2) is 54.6 Å². The molecule has 0 spiro atoms. The van der Waals surface area contributed by atoms with Crippen molar-refractivity contribution in [3.05, 3.63) is 80.9 Å². The van der Waals surface area contributed by atoms with E-state index in [4.69, 9.17) is 17.0 Å². The second-order valence-electron chi connectivity index (χ2n) is 5.77. The van der Waals surface area contributed by atoms with E-state index < -0.39 is 23.1 Å². The van der Waals surface area contributed by atoms with E-state index in [9.17, 15) is 15.4 Å². The van der Waals surface area contributed by atoms with E-state index in [1.54, 1.807) is 24.3 Å². The largest absolute Gasteiger partial charge is 0.297 e. The van der Waals surface area contributed by atoms with Gasteiger partial charge in [-0.25, -0.2) is 0 Å². The molecule has 7 heteroatoms. The van der Waals surface area contributed by atoms with Crippen molar-refractivity contribution in [3.63, 3.8) is 0 Å². The zero-order valence-electron chi connectivity index (χ0n) is 13.0. The van der Waals surface area contributed by atoms with Crippen molar-refractivity contribution >= 4 is 28.4 Å². The first-order valence-electron chi connectivity index (χ1n) is 7.61. The Kier molecular flexibility index (Phi) is 5.07. The number of nitrogens with one attached hydrogen (secondary N) is 1. The van der Waals surface area contributed by atoms with E-state index in [-0.39, 0.29) is 9.97 Å². The van der Waals surface area contributed by atoms with Gasteiger partial charge in [0, 0.05) is 9.95 Å². The SMILES string of the molecule is N#C[C@@H]1C(=N)S[C@H](c2ccccc2)[C@@H]([N+](=O)[O-])[C@@H]1c1ccc(Cl)cc1. The Hall–Kier alpha value is -2.36. The standard InChI is InChI=1S/C18H14ClN3O2S/c19-13-8-6-11(7-9-13)15-14(10-20)18(21)25-17(16(15)22(23)24)12-4-2-1-3-5-12/h1-9,14-17,21H/t14-,15+,16-,17+/m0/s1. The number of rotatable bonds is 3. The smallest absolute Gasteiger partial charge is 0.237 e. The molecule has 0 saturated carbocycles. The third-order valence-corrected chi connectivity index (χ3v) is 5.90. The Labute approximate surface area is 154 Å². The van der Waals surface area contributed by atoms with Crippen LogP contribution in [0.5, 0.6) is 0 Å². The molecule has 1 aliphatic heterocycles. The van der Waals surface area contributed by atoms with Gasteiger partial charge in [0.2, 0.25) is 6.04 Å². The summed E-state index contributed by atoms with van der Waals surface area (Å²) in [6, 6.07) is 17.0. The fraction of sp³-hybridized carbons (Fsp3) is 0.222. The molecule has 0 unspecified atom stereocenters. The molecule has 5 nitrogen and oxygen atoms in total. The average molecular weight is 372 g/mol. The lowest BCUT2D eigenvalue weighted by Crippen LogP contribution is -2.42. The predicted molar refractivity (Wildman–Crippen MR) is 98.6 cm³/mol. The van der Waals surface area contributed by atoms with Crippen LogP contribution in [0.25, 0.3) is 0 Å². The normalized spacial score (nSPS) is 26.0. The number of benzene rings is 2. The molecular weight excluding hydrogens is 358 g/mol. The molecule has 1 saturated heterocycles. The Balaban J connectivity index is 2.12. The second-order valence-corrected chi connectivity index (χ2v) is 7.39. The summed E-state index contributed by atoms with van der Waals surface area (Å²) in [7, 11) is 0. The first-order valence-corrected chi connectivity index (χ1v) is 8.87. The third kappa shape index (κ3) is 3.39. The highest BCUT2D eigenvalue weighted by molar-refractivity contribution is 8.14. The van der Waals surface area contributed by atoms with Crippen LogP contribution < -0.4 is 0 Å². The maximum Gasteiger partial charge on any atom is 0.237 e. The van der Waals surface area contributed by atoms with E-state index >= 15 is 0 Å². The Morgan fingerprint density at radius 1 is 1.12 bits per heavy atom. The van der Waals surface area contributed by atoms with Crippen molar-refractivity contribution in [2.75, 3.05) is 0 Å². The first kappa shape index (κ1) is 17.5. The van der Waals surface area contributed by atoms with E-state index in [2.05, 4.69) is 6.07 Å². The highest BCUT2D eigenvalue weighted by Crippen LogP contribution is 2.50. The van der Waals surface area contributed by atoms with Crippen LogP contribution in [0.1, 0.15) is 22.3 Å². The van der Waals surface area contributed by atoms with Crippen molar-refractivity contribution in [3.8, 4) is 6.07 Å². The van der Waals surface area contributed by atoms with Crippen molar-refractivity contribution in [2.45, 2.75) is 17.2 Å². The topological polar surface area (TPSA) is 90.8 Å². The zero-order valence-corrected chi connectivity index (χ0v) is 14.6. The lowest BCUT2D eigenvalue weighted by atomic mass is 9.78. The van der Waals surface area contributed by atoms with E-state index in [0.717, 1.165) is 17.3 Å². The average Bonchev–Trinajstić information content (AvgIpc) is 2.62. The molecule has 0 aromatic heterocycles. The maximum absolute atomic E-state index is 11.9. The molecule has 126 valence electrons. The molecule has 4 atom stereocenters. The molecular formula is C18H14ClN3O2S. The van der Waals surface area contributed by atoms with Gasteiger partial charge in [0.25, 0.3) is 0 Å². The second kappa shape index (κ2) is 7.26. The number of hydrogen-bond acceptors (Lipinski definition) is 5. The van der Waals surface area contributed by atoms with Crippen molar-refractivity contribution in [1.29, 1.82) is 10.7 Å². The van der Waals surface area contributed by atoms with Crippen molar-refractivity contribution < 1.29 is 4.92 Å². The van der Waals surface area contributed by atoms with Crippen LogP contribution in [-0.4, -0.2) is 16.0 Å². The monoisotopic (exact) mass is 371 g/mol. The van der Waals surface area contributed by atoms with E-state index in [1.165, 1.54) is 0 Å². The zero-order chi connectivity index (χ0) is 18.0. The molecule has 1 N–H and O–H groups in total. The quantitative estimate of drug-likeness (QED) is 0.626. The number of nitro groups is 1. The number of thioether (sulfide) groups is 1. The number of hydrogen-bond donors (Lipinski definition) is 1. The fourth-order valence-corrected chi connectivity index (χ4v) is 4.64.